The van der Waals surface area contributed by atoms with Crippen LogP contribution in [0.2, 0.25) is 0 Å². The van der Waals surface area contributed by atoms with E-state index in [1.165, 1.54) is 0 Å². The summed E-state index contributed by atoms with van der Waals surface area (Å²) < 4.78 is 0. The van der Waals surface area contributed by atoms with Gasteiger partial charge in [0.25, 0.3) is 0 Å². The molecule has 0 atom stereocenters. The summed E-state index contributed by atoms with van der Waals surface area (Å²) in [4.78, 5) is 0. The van der Waals surface area contributed by atoms with Crippen LogP contribution in [0.15, 0.2) is 23.6 Å². The third-order valence-corrected chi connectivity index (χ3v) is 1.84. The summed E-state index contributed by atoms with van der Waals surface area (Å²) in [5, 5.41) is 5.46. The van der Waals surface area contributed by atoms with Crippen molar-refractivity contribution in [2.24, 2.45) is 5.40 Å². The molecule has 2 N–H and O–H groups in total. The Bertz CT molecular complexity index is 83.7. The van der Waals surface area contributed by atoms with Gasteiger partial charge in [-0.05, 0) is 0 Å². The quantitative estimate of drug-likeness (QED) is 0.426. The highest BCUT2D eigenvalue weighted by atomic mass is 28.3. The van der Waals surface area contributed by atoms with Crippen molar-refractivity contribution in [3.8, 4) is 0 Å². The molecule has 0 saturated heterocycles. The lowest BCUT2D eigenvalue weighted by Crippen LogP contribution is -2.17. The second kappa shape index (κ2) is 1.41. The van der Waals surface area contributed by atoms with Gasteiger partial charge in [0.05, 0.1) is 0 Å². The molecule has 1 aliphatic heterocycles. The van der Waals surface area contributed by atoms with Crippen molar-refractivity contribution < 1.29 is 0 Å². The van der Waals surface area contributed by atoms with Gasteiger partial charge in [-0.2, -0.15) is 0 Å². The summed E-state index contributed by atoms with van der Waals surface area (Å²) in [5.74, 6) is 0. The van der Waals surface area contributed by atoms with E-state index in [9.17, 15) is 0 Å². The lowest BCUT2D eigenvalue weighted by molar-refractivity contribution is 1.87. The van der Waals surface area contributed by atoms with Crippen molar-refractivity contribution in [3.63, 3.8) is 0 Å². The molecule has 0 aliphatic carbocycles. The number of hydrogen-bond acceptors (Lipinski definition) is 1. The lowest BCUT2D eigenvalue weighted by Gasteiger charge is -1.80. The molecule has 1 rings (SSSR count). The van der Waals surface area contributed by atoms with Gasteiger partial charge in [-0.25, -0.2) is 0 Å². The van der Waals surface area contributed by atoms with Crippen LogP contribution >= 0.6 is 0 Å². The topological polar surface area (TPSA) is 26.0 Å². The first-order valence-electron chi connectivity index (χ1n) is 1.87. The maximum absolute atomic E-state index is 5.46. The van der Waals surface area contributed by atoms with Crippen molar-refractivity contribution >= 4 is 8.96 Å². The first-order chi connectivity index (χ1) is 2.89. The smallest absolute Gasteiger partial charge is 0.187 e. The molecule has 0 fully saturated rings. The Morgan fingerprint density at radius 2 is 1.67 bits per heavy atom. The maximum Gasteiger partial charge on any atom is 0.187 e. The molecule has 2 heteroatoms. The second-order valence-corrected chi connectivity index (χ2v) is 2.88. The summed E-state index contributed by atoms with van der Waals surface area (Å²) in [5.41, 5.74) is 4.09. The molecule has 1 heterocycles. The third-order valence-electron chi connectivity index (χ3n) is 0.688. The first kappa shape index (κ1) is 3.83. The molecule has 0 aromatic carbocycles. The predicted octanol–water partition coefficient (Wildman–Crippen LogP) is 0.141. The van der Waals surface area contributed by atoms with Gasteiger partial charge < -0.3 is 5.40 Å². The molecule has 31 valence electrons. The van der Waals surface area contributed by atoms with Gasteiger partial charge >= 0.3 is 0 Å². The largest absolute Gasteiger partial charge is 0.345 e. The maximum atomic E-state index is 5.46. The van der Waals surface area contributed by atoms with Gasteiger partial charge in [0.1, 0.15) is 0 Å². The van der Waals surface area contributed by atoms with Crippen molar-refractivity contribution in [1.82, 2.24) is 0 Å². The van der Waals surface area contributed by atoms with Crippen LogP contribution in [-0.4, -0.2) is 8.96 Å². The van der Waals surface area contributed by atoms with Crippen molar-refractivity contribution in [2.75, 3.05) is 0 Å². The molecule has 0 spiro atoms. The van der Waals surface area contributed by atoms with Gasteiger partial charge in [-0.3, -0.25) is 0 Å². The molecule has 0 unspecified atom stereocenters. The number of allylic oxidation sites excluding steroid dienone is 2. The van der Waals surface area contributed by atoms with E-state index in [-0.39, 0.29) is 0 Å². The van der Waals surface area contributed by atoms with Gasteiger partial charge in [0, 0.05) is 0 Å². The summed E-state index contributed by atoms with van der Waals surface area (Å²) in [6.45, 7) is 0. The molecule has 0 amide bonds. The Morgan fingerprint density at radius 3 is 1.83 bits per heavy atom. The van der Waals surface area contributed by atoms with E-state index in [1.54, 1.807) is 0 Å². The highest BCUT2D eigenvalue weighted by Gasteiger charge is 1.94. The fourth-order valence-corrected chi connectivity index (χ4v) is 1.17. The Balaban J connectivity index is 2.60. The SMILES string of the molecule is N[Si]1C=CC=C1. The zero-order valence-electron chi connectivity index (χ0n) is 3.39. The molecule has 1 radical (unpaired) electrons. The van der Waals surface area contributed by atoms with Crippen LogP contribution in [0.4, 0.5) is 0 Å². The van der Waals surface area contributed by atoms with Crippen LogP contribution in [0.5, 0.6) is 0 Å². The normalized spacial score (nSPS) is 20.2. The molecule has 0 aromatic rings. The lowest BCUT2D eigenvalue weighted by atomic mass is 10.6. The Morgan fingerprint density at radius 1 is 1.17 bits per heavy atom. The van der Waals surface area contributed by atoms with Crippen LogP contribution in [0.25, 0.3) is 0 Å². The minimum atomic E-state index is -0.618. The van der Waals surface area contributed by atoms with E-state index in [2.05, 4.69) is 0 Å². The molecule has 1 nitrogen and oxygen atoms in total. The molecular weight excluding hydrogens is 90.1 g/mol. The highest BCUT2D eigenvalue weighted by Crippen LogP contribution is 1.89. The van der Waals surface area contributed by atoms with Crippen LogP contribution in [0.3, 0.4) is 0 Å². The number of hydrogen-bond donors (Lipinski definition) is 1. The van der Waals surface area contributed by atoms with E-state index in [0.29, 0.717) is 0 Å². The van der Waals surface area contributed by atoms with Crippen molar-refractivity contribution in [3.05, 3.63) is 23.6 Å². The predicted molar refractivity (Wildman–Crippen MR) is 28.2 cm³/mol. The highest BCUT2D eigenvalue weighted by molar-refractivity contribution is 6.67. The minimum Gasteiger partial charge on any atom is -0.345 e. The molecular formula is C4H6NSi. The Kier molecular flexibility index (Phi) is 0.898. The van der Waals surface area contributed by atoms with Crippen LogP contribution in [0, 0.1) is 0 Å². The van der Waals surface area contributed by atoms with E-state index < -0.39 is 8.96 Å². The second-order valence-electron chi connectivity index (χ2n) is 1.22. The summed E-state index contributed by atoms with van der Waals surface area (Å²) in [6.07, 6.45) is 3.99. The average molecular weight is 96.2 g/mol. The molecule has 6 heavy (non-hydrogen) atoms. The van der Waals surface area contributed by atoms with Gasteiger partial charge in [0.2, 0.25) is 0 Å². The average Bonchev–Trinajstić information content (AvgIpc) is 1.86. The van der Waals surface area contributed by atoms with Crippen molar-refractivity contribution in [2.45, 2.75) is 0 Å². The first-order valence-corrected chi connectivity index (χ1v) is 3.60. The zero-order chi connectivity index (χ0) is 4.41. The zero-order valence-corrected chi connectivity index (χ0v) is 4.39. The van der Waals surface area contributed by atoms with Crippen LogP contribution < -0.4 is 5.40 Å². The van der Waals surface area contributed by atoms with E-state index in [4.69, 9.17) is 5.40 Å². The monoisotopic (exact) mass is 96.0 g/mol. The fourth-order valence-electron chi connectivity index (χ4n) is 0.389. The molecule has 1 aliphatic rings. The summed E-state index contributed by atoms with van der Waals surface area (Å²) >= 11 is 0. The van der Waals surface area contributed by atoms with E-state index in [1.807, 2.05) is 23.6 Å². The van der Waals surface area contributed by atoms with Crippen molar-refractivity contribution in [1.29, 1.82) is 0 Å². The third kappa shape index (κ3) is 0.583. The number of rotatable bonds is 0. The van der Waals surface area contributed by atoms with Crippen LogP contribution in [0.1, 0.15) is 0 Å². The van der Waals surface area contributed by atoms with Crippen LogP contribution in [-0.2, 0) is 0 Å². The van der Waals surface area contributed by atoms with E-state index >= 15 is 0 Å². The molecule has 0 bridgehead atoms. The van der Waals surface area contributed by atoms with E-state index in [0.717, 1.165) is 0 Å². The van der Waals surface area contributed by atoms with Gasteiger partial charge in [-0.15, -0.1) is 0 Å². The fraction of sp³-hybridized carbons (Fsp3) is 0. The number of nitrogens with two attached hydrogens (primary N) is 1. The Hall–Kier alpha value is -0.343. The molecule has 0 saturated carbocycles. The van der Waals surface area contributed by atoms with Gasteiger partial charge in [0.15, 0.2) is 8.96 Å². The Labute approximate surface area is 38.8 Å². The van der Waals surface area contributed by atoms with Gasteiger partial charge in [-0.1, -0.05) is 23.6 Å². The summed E-state index contributed by atoms with van der Waals surface area (Å²) in [7, 11) is -0.618. The molecule has 0 aromatic heterocycles. The standard InChI is InChI=1S/C4H6NSi/c5-6-3-1-2-4-6/h1-4H,5H2. The minimum absolute atomic E-state index is 0.618. The summed E-state index contributed by atoms with van der Waals surface area (Å²) in [6, 6.07) is 0.